The Labute approximate surface area is 110 Å². The summed E-state index contributed by atoms with van der Waals surface area (Å²) < 4.78 is 4.47. The highest BCUT2D eigenvalue weighted by Crippen LogP contribution is 2.25. The van der Waals surface area contributed by atoms with Gasteiger partial charge in [-0.1, -0.05) is 23.7 Å². The second kappa shape index (κ2) is 4.77. The first-order valence-corrected chi connectivity index (χ1v) is 6.91. The summed E-state index contributed by atoms with van der Waals surface area (Å²) in [5.41, 5.74) is 2.17. The van der Waals surface area contributed by atoms with Crippen molar-refractivity contribution in [3.63, 3.8) is 0 Å². The Morgan fingerprint density at radius 1 is 1.29 bits per heavy atom. The van der Waals surface area contributed by atoms with Crippen molar-refractivity contribution in [2.75, 3.05) is 0 Å². The first-order valence-electron chi connectivity index (χ1n) is 5.76. The van der Waals surface area contributed by atoms with E-state index in [1.54, 1.807) is 11.5 Å². The van der Waals surface area contributed by atoms with Crippen LogP contribution in [0.15, 0.2) is 30.3 Å². The first-order chi connectivity index (χ1) is 8.31. The molecular formula is C13H13ClN2S. The van der Waals surface area contributed by atoms with E-state index < -0.39 is 0 Å². The molecule has 1 aromatic carbocycles. The summed E-state index contributed by atoms with van der Waals surface area (Å²) in [6.07, 6.45) is 2.64. The Balaban J connectivity index is 1.72. The minimum Gasteiger partial charge on any atom is -0.309 e. The summed E-state index contributed by atoms with van der Waals surface area (Å²) in [5, 5.41) is 4.26. The molecule has 2 nitrogen and oxygen atoms in total. The molecule has 1 aromatic heterocycles. The molecule has 0 atom stereocenters. The van der Waals surface area contributed by atoms with Crippen LogP contribution in [0.1, 0.15) is 17.7 Å². The van der Waals surface area contributed by atoms with Gasteiger partial charge in [0.1, 0.15) is 0 Å². The molecule has 1 saturated carbocycles. The topological polar surface area (TPSA) is 24.9 Å². The van der Waals surface area contributed by atoms with E-state index >= 15 is 0 Å². The number of halogens is 1. The Morgan fingerprint density at radius 3 is 2.76 bits per heavy atom. The maximum absolute atomic E-state index is 5.87. The van der Waals surface area contributed by atoms with E-state index in [4.69, 9.17) is 11.6 Å². The fourth-order valence-electron chi connectivity index (χ4n) is 1.69. The van der Waals surface area contributed by atoms with Gasteiger partial charge >= 0.3 is 0 Å². The maximum atomic E-state index is 5.87. The summed E-state index contributed by atoms with van der Waals surface area (Å²) in [4.78, 5) is 1.29. The number of nitrogens with zero attached hydrogens (tertiary/aromatic N) is 1. The number of aromatic nitrogens is 1. The van der Waals surface area contributed by atoms with Crippen LogP contribution in [0.3, 0.4) is 0 Å². The summed E-state index contributed by atoms with van der Waals surface area (Å²) in [6, 6.07) is 10.7. The number of hydrogen-bond acceptors (Lipinski definition) is 3. The van der Waals surface area contributed by atoms with Gasteiger partial charge < -0.3 is 5.32 Å². The van der Waals surface area contributed by atoms with E-state index in [0.29, 0.717) is 0 Å². The highest BCUT2D eigenvalue weighted by atomic mass is 35.5. The average Bonchev–Trinajstić information content (AvgIpc) is 3.06. The summed E-state index contributed by atoms with van der Waals surface area (Å²) in [7, 11) is 0. The molecule has 1 heterocycles. The molecule has 1 aliphatic carbocycles. The van der Waals surface area contributed by atoms with Crippen molar-refractivity contribution in [1.82, 2.24) is 9.69 Å². The van der Waals surface area contributed by atoms with Crippen molar-refractivity contribution in [3.8, 4) is 11.3 Å². The van der Waals surface area contributed by atoms with E-state index in [1.165, 1.54) is 17.7 Å². The number of benzene rings is 1. The van der Waals surface area contributed by atoms with Crippen molar-refractivity contribution in [2.45, 2.75) is 25.4 Å². The molecule has 0 radical (unpaired) electrons. The van der Waals surface area contributed by atoms with E-state index in [0.717, 1.165) is 28.9 Å². The van der Waals surface area contributed by atoms with Gasteiger partial charge in [-0.15, -0.1) is 0 Å². The zero-order chi connectivity index (χ0) is 11.7. The first kappa shape index (κ1) is 11.2. The lowest BCUT2D eigenvalue weighted by molar-refractivity contribution is 0.695. The Hall–Kier alpha value is -0.900. The molecule has 2 aromatic rings. The molecule has 0 saturated heterocycles. The van der Waals surface area contributed by atoms with Gasteiger partial charge in [-0.3, -0.25) is 0 Å². The average molecular weight is 265 g/mol. The second-order valence-electron chi connectivity index (χ2n) is 4.34. The van der Waals surface area contributed by atoms with Crippen LogP contribution in [0, 0.1) is 0 Å². The third kappa shape index (κ3) is 2.86. The molecule has 4 heteroatoms. The number of hydrogen-bond donors (Lipinski definition) is 1. The summed E-state index contributed by atoms with van der Waals surface area (Å²) in [6.45, 7) is 0.940. The molecule has 1 N–H and O–H groups in total. The Kier molecular flexibility index (Phi) is 3.14. The molecule has 0 unspecified atom stereocenters. The van der Waals surface area contributed by atoms with Crippen molar-refractivity contribution < 1.29 is 0 Å². The number of rotatable bonds is 4. The lowest BCUT2D eigenvalue weighted by Gasteiger charge is -1.97. The number of nitrogens with one attached hydrogen (secondary N) is 1. The van der Waals surface area contributed by atoms with Crippen LogP contribution in [0.25, 0.3) is 11.3 Å². The molecule has 0 aliphatic heterocycles. The molecule has 17 heavy (non-hydrogen) atoms. The van der Waals surface area contributed by atoms with Crippen LogP contribution in [-0.4, -0.2) is 10.4 Å². The van der Waals surface area contributed by atoms with Gasteiger partial charge in [0, 0.05) is 28.0 Å². The minimum absolute atomic E-state index is 0.746. The van der Waals surface area contributed by atoms with Crippen molar-refractivity contribution >= 4 is 23.1 Å². The normalized spacial score (nSPS) is 15.1. The van der Waals surface area contributed by atoms with E-state index in [1.807, 2.05) is 24.3 Å². The highest BCUT2D eigenvalue weighted by Gasteiger charge is 2.20. The van der Waals surface area contributed by atoms with Gasteiger partial charge in [-0.05, 0) is 42.6 Å². The highest BCUT2D eigenvalue weighted by molar-refractivity contribution is 7.06. The van der Waals surface area contributed by atoms with E-state index in [9.17, 15) is 0 Å². The van der Waals surface area contributed by atoms with Crippen LogP contribution < -0.4 is 5.32 Å². The standard InChI is InChI=1S/C13H13ClN2S/c14-10-3-1-9(2-4-10)13-7-12(17-16-13)8-15-11-5-6-11/h1-4,7,11,15H,5-6,8H2. The van der Waals surface area contributed by atoms with Gasteiger partial charge in [-0.25, -0.2) is 0 Å². The summed E-state index contributed by atoms with van der Waals surface area (Å²) >= 11 is 7.44. The quantitative estimate of drug-likeness (QED) is 0.911. The third-order valence-corrected chi connectivity index (χ3v) is 3.88. The fourth-order valence-corrected chi connectivity index (χ4v) is 2.50. The molecule has 88 valence electrons. The largest absolute Gasteiger partial charge is 0.309 e. The Morgan fingerprint density at radius 2 is 2.06 bits per heavy atom. The van der Waals surface area contributed by atoms with Gasteiger partial charge in [0.25, 0.3) is 0 Å². The van der Waals surface area contributed by atoms with Crippen LogP contribution >= 0.6 is 23.1 Å². The zero-order valence-electron chi connectivity index (χ0n) is 9.32. The van der Waals surface area contributed by atoms with Crippen LogP contribution in [-0.2, 0) is 6.54 Å². The third-order valence-electron chi connectivity index (χ3n) is 2.84. The molecule has 1 fully saturated rings. The summed E-state index contributed by atoms with van der Waals surface area (Å²) in [5.74, 6) is 0. The van der Waals surface area contributed by atoms with E-state index in [2.05, 4.69) is 15.8 Å². The van der Waals surface area contributed by atoms with Gasteiger partial charge in [-0.2, -0.15) is 4.37 Å². The molecule has 1 aliphatic rings. The monoisotopic (exact) mass is 264 g/mol. The molecule has 3 rings (SSSR count). The van der Waals surface area contributed by atoms with Crippen molar-refractivity contribution in [1.29, 1.82) is 0 Å². The molecule has 0 amide bonds. The predicted molar refractivity (Wildman–Crippen MR) is 72.4 cm³/mol. The minimum atomic E-state index is 0.746. The predicted octanol–water partition coefficient (Wildman–Crippen LogP) is 3.72. The second-order valence-corrected chi connectivity index (χ2v) is 5.67. The fraction of sp³-hybridized carbons (Fsp3) is 0.308. The molecule has 0 bridgehead atoms. The van der Waals surface area contributed by atoms with Crippen molar-refractivity contribution in [2.24, 2.45) is 0 Å². The zero-order valence-corrected chi connectivity index (χ0v) is 10.9. The lowest BCUT2D eigenvalue weighted by Crippen LogP contribution is -2.14. The van der Waals surface area contributed by atoms with Crippen molar-refractivity contribution in [3.05, 3.63) is 40.2 Å². The lowest BCUT2D eigenvalue weighted by atomic mass is 10.1. The van der Waals surface area contributed by atoms with Crippen LogP contribution in [0.4, 0.5) is 0 Å². The van der Waals surface area contributed by atoms with Crippen LogP contribution in [0.5, 0.6) is 0 Å². The van der Waals surface area contributed by atoms with E-state index in [-0.39, 0.29) is 0 Å². The van der Waals surface area contributed by atoms with Gasteiger partial charge in [0.2, 0.25) is 0 Å². The molecule has 0 spiro atoms. The van der Waals surface area contributed by atoms with Crippen LogP contribution in [0.2, 0.25) is 5.02 Å². The Bertz CT molecular complexity index is 502. The SMILES string of the molecule is Clc1ccc(-c2cc(CNC3CC3)sn2)cc1. The maximum Gasteiger partial charge on any atom is 0.0844 e. The smallest absolute Gasteiger partial charge is 0.0844 e. The molecular weight excluding hydrogens is 252 g/mol. The van der Waals surface area contributed by atoms with Gasteiger partial charge in [0.05, 0.1) is 5.69 Å². The van der Waals surface area contributed by atoms with Gasteiger partial charge in [0.15, 0.2) is 0 Å².